The lowest BCUT2D eigenvalue weighted by Crippen LogP contribution is -2.40. The van der Waals surface area contributed by atoms with Crippen molar-refractivity contribution >= 4 is 17.5 Å². The Morgan fingerprint density at radius 3 is 2.42 bits per heavy atom. The Morgan fingerprint density at radius 2 is 1.77 bits per heavy atom. The van der Waals surface area contributed by atoms with Crippen LogP contribution in [0.2, 0.25) is 0 Å². The van der Waals surface area contributed by atoms with E-state index in [1.165, 1.54) is 24.3 Å². The number of ether oxygens (including phenoxy) is 1. The molecule has 0 bridgehead atoms. The lowest BCUT2D eigenvalue weighted by molar-refractivity contribution is -0.134. The molecule has 2 amide bonds. The highest BCUT2D eigenvalue weighted by molar-refractivity contribution is 6.13. The van der Waals surface area contributed by atoms with E-state index in [1.54, 1.807) is 7.11 Å². The molecule has 0 atom stereocenters. The number of carbonyl (C=O) groups excluding carboxylic acids is 2. The summed E-state index contributed by atoms with van der Waals surface area (Å²) < 4.78 is 18.2. The van der Waals surface area contributed by atoms with Crippen LogP contribution < -0.4 is 15.4 Å². The predicted molar refractivity (Wildman–Crippen MR) is 96.4 cm³/mol. The smallest absolute Gasteiger partial charge is 0.240 e. The predicted octanol–water partition coefficient (Wildman–Crippen LogP) is 2.91. The number of amides is 2. The van der Waals surface area contributed by atoms with E-state index in [0.717, 1.165) is 11.3 Å². The average Bonchev–Trinajstić information content (AvgIpc) is 3.46. The average molecular weight is 356 g/mol. The normalized spacial score (nSPS) is 14.4. The Balaban J connectivity index is 1.55. The molecule has 1 aliphatic rings. The van der Waals surface area contributed by atoms with Crippen molar-refractivity contribution in [3.8, 4) is 5.75 Å². The van der Waals surface area contributed by atoms with Crippen LogP contribution in [-0.2, 0) is 16.0 Å². The molecule has 0 radical (unpaired) electrons. The second kappa shape index (κ2) is 7.56. The first-order chi connectivity index (χ1) is 12.5. The van der Waals surface area contributed by atoms with Crippen molar-refractivity contribution in [3.63, 3.8) is 0 Å². The van der Waals surface area contributed by atoms with Gasteiger partial charge in [-0.1, -0.05) is 18.2 Å². The zero-order valence-electron chi connectivity index (χ0n) is 14.5. The Morgan fingerprint density at radius 1 is 1.08 bits per heavy atom. The van der Waals surface area contributed by atoms with Gasteiger partial charge in [0.15, 0.2) is 0 Å². The third kappa shape index (κ3) is 3.85. The van der Waals surface area contributed by atoms with Crippen molar-refractivity contribution in [2.75, 3.05) is 19.0 Å². The van der Waals surface area contributed by atoms with Gasteiger partial charge in [-0.15, -0.1) is 0 Å². The van der Waals surface area contributed by atoms with E-state index in [9.17, 15) is 14.0 Å². The van der Waals surface area contributed by atoms with Gasteiger partial charge in [0.25, 0.3) is 0 Å². The number of hydrogen-bond donors (Lipinski definition) is 2. The summed E-state index contributed by atoms with van der Waals surface area (Å²) >= 11 is 0. The Labute approximate surface area is 151 Å². The molecule has 3 rings (SSSR count). The fourth-order valence-corrected chi connectivity index (χ4v) is 2.86. The van der Waals surface area contributed by atoms with E-state index < -0.39 is 5.41 Å². The van der Waals surface area contributed by atoms with E-state index in [4.69, 9.17) is 4.74 Å². The molecule has 1 saturated carbocycles. The zero-order valence-corrected chi connectivity index (χ0v) is 14.5. The molecule has 0 saturated heterocycles. The monoisotopic (exact) mass is 356 g/mol. The molecule has 0 heterocycles. The minimum atomic E-state index is -1.02. The highest BCUT2D eigenvalue weighted by atomic mass is 19.1. The molecule has 1 fully saturated rings. The molecule has 136 valence electrons. The number of methoxy groups -OCH3 is 1. The largest absolute Gasteiger partial charge is 0.496 e. The summed E-state index contributed by atoms with van der Waals surface area (Å²) in [7, 11) is 1.61. The lowest BCUT2D eigenvalue weighted by Gasteiger charge is -2.16. The molecule has 5 nitrogen and oxygen atoms in total. The summed E-state index contributed by atoms with van der Waals surface area (Å²) in [4.78, 5) is 25.0. The number of hydrogen-bond acceptors (Lipinski definition) is 3. The standard InChI is InChI=1S/C20H21FN2O3/c1-26-17-5-3-2-4-14(17)10-13-22-18(24)20(11-12-20)19(25)23-16-8-6-15(21)7-9-16/h2-9H,10-13H2,1H3,(H,22,24)(H,23,25). The van der Waals surface area contributed by atoms with Gasteiger partial charge < -0.3 is 15.4 Å². The topological polar surface area (TPSA) is 67.4 Å². The van der Waals surface area contributed by atoms with Crippen molar-refractivity contribution in [2.45, 2.75) is 19.3 Å². The van der Waals surface area contributed by atoms with E-state index in [1.807, 2.05) is 24.3 Å². The second-order valence-electron chi connectivity index (χ2n) is 6.36. The van der Waals surface area contributed by atoms with Gasteiger partial charge >= 0.3 is 0 Å². The molecular weight excluding hydrogens is 335 g/mol. The van der Waals surface area contributed by atoms with Crippen LogP contribution in [0.3, 0.4) is 0 Å². The summed E-state index contributed by atoms with van der Waals surface area (Å²) in [6.45, 7) is 0.421. The van der Waals surface area contributed by atoms with Gasteiger partial charge in [0.2, 0.25) is 11.8 Å². The number of rotatable bonds is 7. The fraction of sp³-hybridized carbons (Fsp3) is 0.300. The quantitative estimate of drug-likeness (QED) is 0.750. The van der Waals surface area contributed by atoms with Crippen LogP contribution in [0.25, 0.3) is 0 Å². The highest BCUT2D eigenvalue weighted by Gasteiger charge is 2.56. The van der Waals surface area contributed by atoms with Crippen molar-refractivity contribution in [3.05, 3.63) is 59.9 Å². The van der Waals surface area contributed by atoms with Gasteiger partial charge in [-0.2, -0.15) is 0 Å². The van der Waals surface area contributed by atoms with E-state index in [-0.39, 0.29) is 17.6 Å². The minimum Gasteiger partial charge on any atom is -0.496 e. The molecule has 0 unspecified atom stereocenters. The van der Waals surface area contributed by atoms with Crippen LogP contribution in [0.4, 0.5) is 10.1 Å². The SMILES string of the molecule is COc1ccccc1CCNC(=O)C1(C(=O)Nc2ccc(F)cc2)CC1. The van der Waals surface area contributed by atoms with Gasteiger partial charge in [0, 0.05) is 12.2 Å². The molecule has 0 aliphatic heterocycles. The van der Waals surface area contributed by atoms with Crippen LogP contribution >= 0.6 is 0 Å². The third-order valence-electron chi connectivity index (χ3n) is 4.59. The van der Waals surface area contributed by atoms with Crippen LogP contribution in [0.1, 0.15) is 18.4 Å². The molecule has 26 heavy (non-hydrogen) atoms. The van der Waals surface area contributed by atoms with Gasteiger partial charge in [-0.3, -0.25) is 9.59 Å². The number of nitrogens with one attached hydrogen (secondary N) is 2. The van der Waals surface area contributed by atoms with Crippen molar-refractivity contribution < 1.29 is 18.7 Å². The van der Waals surface area contributed by atoms with Crippen molar-refractivity contribution in [1.29, 1.82) is 0 Å². The maximum absolute atomic E-state index is 12.9. The first-order valence-electron chi connectivity index (χ1n) is 8.52. The molecule has 2 aromatic rings. The Bertz CT molecular complexity index is 801. The summed E-state index contributed by atoms with van der Waals surface area (Å²) in [6.07, 6.45) is 1.65. The second-order valence-corrected chi connectivity index (χ2v) is 6.36. The van der Waals surface area contributed by atoms with Crippen LogP contribution in [0, 0.1) is 11.2 Å². The number of anilines is 1. The molecule has 6 heteroatoms. The van der Waals surface area contributed by atoms with E-state index >= 15 is 0 Å². The van der Waals surface area contributed by atoms with E-state index in [2.05, 4.69) is 10.6 Å². The molecular formula is C20H21FN2O3. The van der Waals surface area contributed by atoms with Gasteiger partial charge in [-0.05, 0) is 55.2 Å². The Kier molecular flexibility index (Phi) is 5.21. The summed E-state index contributed by atoms with van der Waals surface area (Å²) in [5, 5.41) is 5.54. The molecule has 2 N–H and O–H groups in total. The highest BCUT2D eigenvalue weighted by Crippen LogP contribution is 2.46. The van der Waals surface area contributed by atoms with Crippen LogP contribution in [0.5, 0.6) is 5.75 Å². The number of para-hydroxylation sites is 1. The minimum absolute atomic E-state index is 0.271. The fourth-order valence-electron chi connectivity index (χ4n) is 2.86. The third-order valence-corrected chi connectivity index (χ3v) is 4.59. The molecule has 0 aromatic heterocycles. The summed E-state index contributed by atoms with van der Waals surface area (Å²) in [5.41, 5.74) is 0.454. The number of benzene rings is 2. The maximum atomic E-state index is 12.9. The summed E-state index contributed by atoms with van der Waals surface area (Å²) in [5.74, 6) is -0.221. The first-order valence-corrected chi connectivity index (χ1v) is 8.52. The van der Waals surface area contributed by atoms with Gasteiger partial charge in [-0.25, -0.2) is 4.39 Å². The summed E-state index contributed by atoms with van der Waals surface area (Å²) in [6, 6.07) is 13.1. The lowest BCUT2D eigenvalue weighted by atomic mass is 10.0. The number of halogens is 1. The molecule has 2 aromatic carbocycles. The zero-order chi connectivity index (χ0) is 18.6. The van der Waals surface area contributed by atoms with Crippen LogP contribution in [-0.4, -0.2) is 25.5 Å². The van der Waals surface area contributed by atoms with Crippen LogP contribution in [0.15, 0.2) is 48.5 Å². The van der Waals surface area contributed by atoms with Crippen molar-refractivity contribution in [1.82, 2.24) is 5.32 Å². The van der Waals surface area contributed by atoms with Gasteiger partial charge in [0.05, 0.1) is 7.11 Å². The maximum Gasteiger partial charge on any atom is 0.240 e. The molecule has 0 spiro atoms. The Hall–Kier alpha value is -2.89. The van der Waals surface area contributed by atoms with Crippen molar-refractivity contribution in [2.24, 2.45) is 5.41 Å². The van der Waals surface area contributed by atoms with Gasteiger partial charge in [0.1, 0.15) is 17.0 Å². The first kappa shape index (κ1) is 17.9. The number of carbonyl (C=O) groups is 2. The molecule has 1 aliphatic carbocycles. The van der Waals surface area contributed by atoms with E-state index in [0.29, 0.717) is 31.5 Å².